The first-order valence-corrected chi connectivity index (χ1v) is 7.11. The van der Waals surface area contributed by atoms with E-state index in [0.717, 1.165) is 23.9 Å². The monoisotopic (exact) mass is 339 g/mol. The van der Waals surface area contributed by atoms with Gasteiger partial charge in [0.15, 0.2) is 5.82 Å². The summed E-state index contributed by atoms with van der Waals surface area (Å²) >= 11 is 1.07. The molecule has 1 N–H and O–H groups in total. The Morgan fingerprint density at radius 3 is 2.70 bits per heavy atom. The molecule has 0 aliphatic rings. The summed E-state index contributed by atoms with van der Waals surface area (Å²) in [5.41, 5.74) is -0.181. The Labute approximate surface area is 131 Å². The molecular weight excluding hydrogens is 331 g/mol. The van der Waals surface area contributed by atoms with Crippen molar-refractivity contribution < 1.29 is 17.7 Å². The van der Waals surface area contributed by atoms with Gasteiger partial charge in [0, 0.05) is 16.7 Å². The van der Waals surface area contributed by atoms with Crippen molar-refractivity contribution in [2.75, 3.05) is 0 Å². The number of nitrogens with zero attached hydrogens (tertiary/aromatic N) is 2. The Kier molecular flexibility index (Phi) is 3.95. The third-order valence-electron chi connectivity index (χ3n) is 2.83. The molecule has 0 radical (unpaired) electrons. The van der Waals surface area contributed by atoms with Gasteiger partial charge in [-0.2, -0.15) is 13.2 Å². The first kappa shape index (κ1) is 15.3. The van der Waals surface area contributed by atoms with Crippen LogP contribution in [-0.4, -0.2) is 15.1 Å². The zero-order chi connectivity index (χ0) is 16.4. The van der Waals surface area contributed by atoms with Gasteiger partial charge in [-0.15, -0.1) is 0 Å². The molecule has 0 atom stereocenters. The second kappa shape index (κ2) is 5.92. The first-order chi connectivity index (χ1) is 10.9. The molecule has 0 bridgehead atoms. The van der Waals surface area contributed by atoms with Crippen LogP contribution in [0.1, 0.15) is 5.56 Å². The quantitative estimate of drug-likeness (QED) is 0.789. The number of H-pyrrole nitrogens is 1. The number of alkyl halides is 3. The van der Waals surface area contributed by atoms with Gasteiger partial charge in [-0.3, -0.25) is 9.51 Å². The lowest BCUT2D eigenvalue weighted by Gasteiger charge is -2.08. The zero-order valence-corrected chi connectivity index (χ0v) is 12.1. The molecule has 3 rings (SSSR count). The van der Waals surface area contributed by atoms with Crippen LogP contribution < -0.4 is 5.76 Å². The Hall–Kier alpha value is -2.55. The fraction of sp³-hybridized carbons (Fsp3) is 0.0714. The highest BCUT2D eigenvalue weighted by Crippen LogP contribution is 2.34. The van der Waals surface area contributed by atoms with Gasteiger partial charge in [0.2, 0.25) is 0 Å². The van der Waals surface area contributed by atoms with Gasteiger partial charge in [-0.25, -0.2) is 9.78 Å². The minimum Gasteiger partial charge on any atom is -0.296 e. The summed E-state index contributed by atoms with van der Waals surface area (Å²) < 4.78 is 42.6. The molecule has 2 heterocycles. The van der Waals surface area contributed by atoms with Crippen molar-refractivity contribution in [3.05, 3.63) is 58.7 Å². The Morgan fingerprint density at radius 2 is 2.00 bits per heavy atom. The number of aromatic amines is 1. The maximum absolute atomic E-state index is 12.7. The predicted molar refractivity (Wildman–Crippen MR) is 75.9 cm³/mol. The standard InChI is InChI=1S/C14H8F3N3O2S/c15-14(16,17)9-2-1-3-10(7-9)23-11-6-8(4-5-18-11)12-19-13(21)22-20-12/h1-7H,(H,19,20,21). The van der Waals surface area contributed by atoms with E-state index in [1.165, 1.54) is 12.3 Å². The van der Waals surface area contributed by atoms with Crippen LogP contribution in [-0.2, 0) is 6.18 Å². The van der Waals surface area contributed by atoms with E-state index in [9.17, 15) is 18.0 Å². The van der Waals surface area contributed by atoms with Crippen molar-refractivity contribution in [3.8, 4) is 11.4 Å². The third-order valence-corrected chi connectivity index (χ3v) is 3.75. The molecule has 0 amide bonds. The molecule has 5 nitrogen and oxygen atoms in total. The van der Waals surface area contributed by atoms with Gasteiger partial charge in [0.25, 0.3) is 0 Å². The predicted octanol–water partition coefficient (Wildman–Crippen LogP) is 3.59. The number of aromatic nitrogens is 3. The molecule has 2 aromatic heterocycles. The highest BCUT2D eigenvalue weighted by Gasteiger charge is 2.30. The molecule has 1 aromatic carbocycles. The largest absolute Gasteiger partial charge is 0.439 e. The fourth-order valence-electron chi connectivity index (χ4n) is 1.82. The number of benzene rings is 1. The second-order valence-electron chi connectivity index (χ2n) is 4.45. The number of hydrogen-bond acceptors (Lipinski definition) is 5. The first-order valence-electron chi connectivity index (χ1n) is 6.29. The summed E-state index contributed by atoms with van der Waals surface area (Å²) in [4.78, 5) is 17.8. The lowest BCUT2D eigenvalue weighted by molar-refractivity contribution is -0.137. The Balaban J connectivity index is 1.88. The zero-order valence-electron chi connectivity index (χ0n) is 11.3. The van der Waals surface area contributed by atoms with Gasteiger partial charge < -0.3 is 0 Å². The minimum absolute atomic E-state index is 0.225. The van der Waals surface area contributed by atoms with Crippen LogP contribution in [0.4, 0.5) is 13.2 Å². The van der Waals surface area contributed by atoms with Crippen LogP contribution in [0.5, 0.6) is 0 Å². The maximum Gasteiger partial charge on any atom is 0.439 e. The highest BCUT2D eigenvalue weighted by atomic mass is 32.2. The molecule has 0 aliphatic heterocycles. The van der Waals surface area contributed by atoms with Gasteiger partial charge in [-0.1, -0.05) is 23.0 Å². The van der Waals surface area contributed by atoms with Crippen LogP contribution in [0.3, 0.4) is 0 Å². The molecule has 118 valence electrons. The number of rotatable bonds is 3. The van der Waals surface area contributed by atoms with Crippen molar-refractivity contribution in [2.24, 2.45) is 0 Å². The molecule has 3 aromatic rings. The maximum atomic E-state index is 12.7. The van der Waals surface area contributed by atoms with Gasteiger partial charge in [0.1, 0.15) is 5.03 Å². The Bertz CT molecular complexity index is 889. The van der Waals surface area contributed by atoms with Crippen molar-refractivity contribution >= 4 is 11.8 Å². The summed E-state index contributed by atoms with van der Waals surface area (Å²) in [5.74, 6) is -0.466. The molecule has 0 saturated heterocycles. The number of hydrogen-bond donors (Lipinski definition) is 1. The molecule has 0 fully saturated rings. The van der Waals surface area contributed by atoms with Gasteiger partial charge in [0.05, 0.1) is 5.56 Å². The van der Waals surface area contributed by atoms with Gasteiger partial charge >= 0.3 is 11.9 Å². The van der Waals surface area contributed by atoms with Crippen LogP contribution in [0, 0.1) is 0 Å². The van der Waals surface area contributed by atoms with E-state index in [2.05, 4.69) is 19.6 Å². The van der Waals surface area contributed by atoms with Crippen molar-refractivity contribution in [3.63, 3.8) is 0 Å². The third kappa shape index (κ3) is 3.62. The van der Waals surface area contributed by atoms with Crippen molar-refractivity contribution in [1.82, 2.24) is 15.1 Å². The smallest absolute Gasteiger partial charge is 0.296 e. The summed E-state index contributed by atoms with van der Waals surface area (Å²) in [7, 11) is 0. The number of nitrogens with one attached hydrogen (secondary N) is 1. The van der Waals surface area contributed by atoms with E-state index in [-0.39, 0.29) is 5.82 Å². The summed E-state index contributed by atoms with van der Waals surface area (Å²) in [6.45, 7) is 0. The van der Waals surface area contributed by atoms with Crippen molar-refractivity contribution in [1.29, 1.82) is 0 Å². The molecule has 0 spiro atoms. The average molecular weight is 339 g/mol. The fourth-order valence-corrected chi connectivity index (χ4v) is 2.70. The topological polar surface area (TPSA) is 71.8 Å². The van der Waals surface area contributed by atoms with Crippen LogP contribution in [0.2, 0.25) is 0 Å². The summed E-state index contributed by atoms with van der Waals surface area (Å²) in [6.07, 6.45) is -2.93. The van der Waals surface area contributed by atoms with E-state index in [1.807, 2.05) is 0 Å². The van der Waals surface area contributed by atoms with E-state index in [0.29, 0.717) is 15.5 Å². The minimum atomic E-state index is -4.40. The molecule has 0 unspecified atom stereocenters. The summed E-state index contributed by atoms with van der Waals surface area (Å²) in [6, 6.07) is 8.16. The lowest BCUT2D eigenvalue weighted by Crippen LogP contribution is -2.04. The van der Waals surface area contributed by atoms with E-state index in [4.69, 9.17) is 0 Å². The molecule has 0 aliphatic carbocycles. The van der Waals surface area contributed by atoms with Crippen LogP contribution >= 0.6 is 11.8 Å². The van der Waals surface area contributed by atoms with Crippen molar-refractivity contribution in [2.45, 2.75) is 16.1 Å². The van der Waals surface area contributed by atoms with E-state index >= 15 is 0 Å². The molecule has 0 saturated carbocycles. The molecule has 9 heteroatoms. The van der Waals surface area contributed by atoms with Crippen LogP contribution in [0.15, 0.2) is 61.8 Å². The van der Waals surface area contributed by atoms with Crippen LogP contribution in [0.25, 0.3) is 11.4 Å². The number of halogens is 3. The van der Waals surface area contributed by atoms with E-state index in [1.54, 1.807) is 18.2 Å². The van der Waals surface area contributed by atoms with E-state index < -0.39 is 17.5 Å². The highest BCUT2D eigenvalue weighted by molar-refractivity contribution is 7.99. The normalized spacial score (nSPS) is 11.6. The second-order valence-corrected chi connectivity index (χ2v) is 5.55. The average Bonchev–Trinajstić information content (AvgIpc) is 2.94. The number of pyridine rings is 1. The Morgan fingerprint density at radius 1 is 1.17 bits per heavy atom. The summed E-state index contributed by atoms with van der Waals surface area (Å²) in [5, 5.41) is 4.02. The lowest BCUT2D eigenvalue weighted by atomic mass is 10.2. The SMILES string of the molecule is O=c1[nH]c(-c2ccnc(Sc3cccc(C(F)(F)F)c3)c2)no1. The molecule has 23 heavy (non-hydrogen) atoms. The van der Waals surface area contributed by atoms with Gasteiger partial charge in [-0.05, 0) is 30.3 Å². The molecular formula is C14H8F3N3O2S.